The molecular formula is C25H28N6O4. The minimum Gasteiger partial charge on any atom is -0.331 e. The van der Waals surface area contributed by atoms with Crippen LogP contribution in [0.3, 0.4) is 0 Å². The van der Waals surface area contributed by atoms with Gasteiger partial charge in [-0.15, -0.1) is 5.10 Å². The Hall–Kier alpha value is -4.08. The SMILES string of the molecule is CC(NC(=O)Nc1ccc(C(C)(C)C)cc1)c1ccc2nnn(C3CCC(=O)NC3=O)c(=O)c2c1. The molecule has 182 valence electrons. The molecule has 0 radical (unpaired) electrons. The lowest BCUT2D eigenvalue weighted by Crippen LogP contribution is -2.45. The number of piperidine rings is 1. The van der Waals surface area contributed by atoms with Crippen molar-refractivity contribution in [1.29, 1.82) is 0 Å². The molecule has 3 N–H and O–H groups in total. The number of nitrogens with zero attached hydrogens (tertiary/aromatic N) is 3. The monoisotopic (exact) mass is 476 g/mol. The maximum Gasteiger partial charge on any atom is 0.319 e. The number of anilines is 1. The Balaban J connectivity index is 1.50. The van der Waals surface area contributed by atoms with Crippen molar-refractivity contribution >= 4 is 34.4 Å². The number of amides is 4. The first-order valence-corrected chi connectivity index (χ1v) is 11.4. The van der Waals surface area contributed by atoms with Gasteiger partial charge in [0.2, 0.25) is 5.91 Å². The molecule has 0 saturated carbocycles. The first-order chi connectivity index (χ1) is 16.5. The van der Waals surface area contributed by atoms with E-state index < -0.39 is 23.6 Å². The Morgan fingerprint density at radius 2 is 1.83 bits per heavy atom. The normalized spacial score (nSPS) is 17.1. The summed E-state index contributed by atoms with van der Waals surface area (Å²) in [4.78, 5) is 49.3. The molecule has 0 aliphatic carbocycles. The third-order valence-corrected chi connectivity index (χ3v) is 6.07. The molecule has 0 spiro atoms. The van der Waals surface area contributed by atoms with Gasteiger partial charge < -0.3 is 10.6 Å². The topological polar surface area (TPSA) is 135 Å². The molecule has 1 aliphatic heterocycles. The van der Waals surface area contributed by atoms with Crippen molar-refractivity contribution in [2.45, 2.75) is 58.0 Å². The Morgan fingerprint density at radius 1 is 1.11 bits per heavy atom. The fourth-order valence-electron chi connectivity index (χ4n) is 3.96. The van der Waals surface area contributed by atoms with Crippen LogP contribution in [0, 0.1) is 0 Å². The Bertz CT molecular complexity index is 1360. The summed E-state index contributed by atoms with van der Waals surface area (Å²) >= 11 is 0. The van der Waals surface area contributed by atoms with E-state index in [2.05, 4.69) is 47.0 Å². The maximum absolute atomic E-state index is 13.1. The van der Waals surface area contributed by atoms with Crippen LogP contribution >= 0.6 is 0 Å². The number of fused-ring (bicyclic) bond motifs is 1. The van der Waals surface area contributed by atoms with Gasteiger partial charge in [0.15, 0.2) is 0 Å². The van der Waals surface area contributed by atoms with Crippen molar-refractivity contribution in [3.8, 4) is 0 Å². The second kappa shape index (κ2) is 9.28. The molecule has 10 nitrogen and oxygen atoms in total. The first-order valence-electron chi connectivity index (χ1n) is 11.4. The molecule has 2 atom stereocenters. The minimum absolute atomic E-state index is 0.0204. The predicted molar refractivity (Wildman–Crippen MR) is 131 cm³/mol. The largest absolute Gasteiger partial charge is 0.331 e. The predicted octanol–water partition coefficient (Wildman–Crippen LogP) is 2.95. The van der Waals surface area contributed by atoms with Crippen LogP contribution in [0.5, 0.6) is 0 Å². The number of carbonyl (C=O) groups is 3. The lowest BCUT2D eigenvalue weighted by molar-refractivity contribution is -0.136. The average molecular weight is 477 g/mol. The molecule has 2 heterocycles. The number of rotatable bonds is 4. The van der Waals surface area contributed by atoms with Gasteiger partial charge >= 0.3 is 6.03 Å². The number of nitrogens with one attached hydrogen (secondary N) is 3. The third kappa shape index (κ3) is 5.21. The summed E-state index contributed by atoms with van der Waals surface area (Å²) in [5, 5.41) is 16.1. The van der Waals surface area contributed by atoms with Crippen molar-refractivity contribution in [1.82, 2.24) is 25.6 Å². The highest BCUT2D eigenvalue weighted by Gasteiger charge is 2.30. The van der Waals surface area contributed by atoms with Gasteiger partial charge in [0.25, 0.3) is 11.5 Å². The molecular weight excluding hydrogens is 448 g/mol. The molecule has 1 fully saturated rings. The van der Waals surface area contributed by atoms with E-state index in [0.29, 0.717) is 16.8 Å². The summed E-state index contributed by atoms with van der Waals surface area (Å²) in [7, 11) is 0. The molecule has 3 aromatic rings. The van der Waals surface area contributed by atoms with Gasteiger partial charge in [0.05, 0.1) is 11.4 Å². The van der Waals surface area contributed by atoms with Crippen molar-refractivity contribution < 1.29 is 14.4 Å². The lowest BCUT2D eigenvalue weighted by atomic mass is 9.87. The first kappa shape index (κ1) is 24.1. The van der Waals surface area contributed by atoms with Crippen molar-refractivity contribution in [2.24, 2.45) is 0 Å². The fraction of sp³-hybridized carbons (Fsp3) is 0.360. The van der Waals surface area contributed by atoms with Crippen LogP contribution in [-0.2, 0) is 15.0 Å². The van der Waals surface area contributed by atoms with E-state index >= 15 is 0 Å². The van der Waals surface area contributed by atoms with E-state index in [1.54, 1.807) is 25.1 Å². The number of benzene rings is 2. The number of aromatic nitrogens is 3. The maximum atomic E-state index is 13.1. The molecule has 0 bridgehead atoms. The van der Waals surface area contributed by atoms with E-state index in [-0.39, 0.29) is 35.6 Å². The lowest BCUT2D eigenvalue weighted by Gasteiger charge is -2.21. The summed E-state index contributed by atoms with van der Waals surface area (Å²) < 4.78 is 1.01. The average Bonchev–Trinajstić information content (AvgIpc) is 2.79. The number of carbonyl (C=O) groups excluding carboxylic acids is 3. The number of imide groups is 1. The summed E-state index contributed by atoms with van der Waals surface area (Å²) in [5.41, 5.74) is 2.44. The zero-order chi connectivity index (χ0) is 25.3. The minimum atomic E-state index is -0.897. The molecule has 4 amide bonds. The fourth-order valence-corrected chi connectivity index (χ4v) is 3.96. The quantitative estimate of drug-likeness (QED) is 0.496. The molecule has 2 aromatic carbocycles. The van der Waals surface area contributed by atoms with Crippen LogP contribution in [0.15, 0.2) is 47.3 Å². The number of urea groups is 1. The highest BCUT2D eigenvalue weighted by Crippen LogP contribution is 2.24. The van der Waals surface area contributed by atoms with Crippen LogP contribution in [-0.4, -0.2) is 32.8 Å². The Morgan fingerprint density at radius 3 is 2.49 bits per heavy atom. The van der Waals surface area contributed by atoms with Gasteiger partial charge in [-0.2, -0.15) is 4.68 Å². The van der Waals surface area contributed by atoms with Gasteiger partial charge in [0.1, 0.15) is 11.6 Å². The molecule has 10 heteroatoms. The van der Waals surface area contributed by atoms with E-state index in [4.69, 9.17) is 0 Å². The van der Waals surface area contributed by atoms with Gasteiger partial charge in [0, 0.05) is 12.1 Å². The van der Waals surface area contributed by atoms with Gasteiger partial charge in [-0.25, -0.2) is 4.79 Å². The highest BCUT2D eigenvalue weighted by molar-refractivity contribution is 5.99. The standard InChI is InChI=1S/C25H28N6O4/c1-14(26-24(35)27-17-8-6-16(7-9-17)25(2,3)4)15-5-10-19-18(13-15)23(34)31(30-29-19)20-11-12-21(32)28-22(20)33/h5-10,13-14,20H,11-12H2,1-4H3,(H2,26,27,35)(H,28,32,33). The van der Waals surface area contributed by atoms with Crippen LogP contribution in [0.2, 0.25) is 0 Å². The summed E-state index contributed by atoms with van der Waals surface area (Å²) in [6.45, 7) is 8.17. The zero-order valence-electron chi connectivity index (χ0n) is 20.1. The number of hydrogen-bond acceptors (Lipinski definition) is 6. The summed E-state index contributed by atoms with van der Waals surface area (Å²) in [6, 6.07) is 11.0. The molecule has 1 aromatic heterocycles. The smallest absolute Gasteiger partial charge is 0.319 e. The second-order valence-corrected chi connectivity index (χ2v) is 9.73. The van der Waals surface area contributed by atoms with Crippen LogP contribution < -0.4 is 21.5 Å². The van der Waals surface area contributed by atoms with E-state index in [1.165, 1.54) is 5.56 Å². The number of hydrogen-bond donors (Lipinski definition) is 3. The van der Waals surface area contributed by atoms with Crippen LogP contribution in [0.25, 0.3) is 10.9 Å². The van der Waals surface area contributed by atoms with Gasteiger partial charge in [-0.1, -0.05) is 44.2 Å². The van der Waals surface area contributed by atoms with E-state index in [9.17, 15) is 19.2 Å². The Kier molecular flexibility index (Phi) is 6.38. The Labute approximate surface area is 202 Å². The van der Waals surface area contributed by atoms with Crippen molar-refractivity contribution in [2.75, 3.05) is 5.32 Å². The molecule has 35 heavy (non-hydrogen) atoms. The third-order valence-electron chi connectivity index (χ3n) is 6.07. The zero-order valence-corrected chi connectivity index (χ0v) is 20.1. The summed E-state index contributed by atoms with van der Waals surface area (Å²) in [5.74, 6) is -0.950. The van der Waals surface area contributed by atoms with Crippen molar-refractivity contribution in [3.63, 3.8) is 0 Å². The molecule has 2 unspecified atom stereocenters. The highest BCUT2D eigenvalue weighted by atomic mass is 16.2. The van der Waals surface area contributed by atoms with Crippen molar-refractivity contribution in [3.05, 3.63) is 63.9 Å². The molecule has 1 saturated heterocycles. The summed E-state index contributed by atoms with van der Waals surface area (Å²) in [6.07, 6.45) is 0.302. The second-order valence-electron chi connectivity index (χ2n) is 9.73. The van der Waals surface area contributed by atoms with Gasteiger partial charge in [-0.05, 0) is 54.2 Å². The van der Waals surface area contributed by atoms with Gasteiger partial charge in [-0.3, -0.25) is 19.7 Å². The van der Waals surface area contributed by atoms with Crippen LogP contribution in [0.1, 0.15) is 63.7 Å². The molecule has 4 rings (SSSR count). The van der Waals surface area contributed by atoms with E-state index in [0.717, 1.165) is 4.68 Å². The van der Waals surface area contributed by atoms with Crippen LogP contribution in [0.4, 0.5) is 10.5 Å². The molecule has 1 aliphatic rings. The van der Waals surface area contributed by atoms with E-state index in [1.807, 2.05) is 24.3 Å².